The van der Waals surface area contributed by atoms with Gasteiger partial charge in [-0.15, -0.1) is 0 Å². The lowest BCUT2D eigenvalue weighted by molar-refractivity contribution is 0.101. The van der Waals surface area contributed by atoms with Gasteiger partial charge in [-0.3, -0.25) is 9.59 Å². The Morgan fingerprint density at radius 3 is 2.45 bits per heavy atom. The number of aryl methyl sites for hydroxylation is 3. The predicted molar refractivity (Wildman–Crippen MR) is 78.9 cm³/mol. The summed E-state index contributed by atoms with van der Waals surface area (Å²) in [7, 11) is 0. The molecule has 0 aliphatic rings. The lowest BCUT2D eigenvalue weighted by atomic mass is 10.1. The number of carbonyl (C=O) groups excluding carboxylic acids is 1. The monoisotopic (exact) mass is 271 g/mol. The van der Waals surface area contributed by atoms with E-state index in [9.17, 15) is 9.59 Å². The molecule has 1 N–H and O–H groups in total. The number of anilines is 2. The Morgan fingerprint density at radius 1 is 1.15 bits per heavy atom. The molecule has 4 nitrogen and oxygen atoms in total. The Bertz CT molecular complexity index is 729. The zero-order chi connectivity index (χ0) is 14.9. The van der Waals surface area contributed by atoms with Crippen LogP contribution in [0.3, 0.4) is 0 Å². The Morgan fingerprint density at radius 2 is 1.85 bits per heavy atom. The van der Waals surface area contributed by atoms with E-state index < -0.39 is 0 Å². The van der Waals surface area contributed by atoms with E-state index >= 15 is 0 Å². The second-order valence-corrected chi connectivity index (χ2v) is 4.92. The van der Waals surface area contributed by atoms with Crippen LogP contribution in [0.4, 0.5) is 11.6 Å². The van der Waals surface area contributed by atoms with Crippen molar-refractivity contribution in [1.29, 1.82) is 0 Å². The molecular weight excluding hydrogens is 254 g/mol. The molecule has 0 saturated carbocycles. The number of ketones is 1. The van der Waals surface area contributed by atoms with Crippen LogP contribution >= 0.6 is 0 Å². The van der Waals surface area contributed by atoms with Gasteiger partial charge in [-0.1, -0.05) is 17.7 Å². The molecule has 0 bridgehead atoms. The fourth-order valence-corrected chi connectivity index (χ4v) is 2.11. The predicted octanol–water partition coefficient (Wildman–Crippen LogP) is 3.51. The van der Waals surface area contributed by atoms with Crippen LogP contribution in [0.5, 0.6) is 0 Å². The number of hydrogen-bond donors (Lipinski definition) is 1. The van der Waals surface area contributed by atoms with Gasteiger partial charge in [-0.05, 0) is 39.3 Å². The van der Waals surface area contributed by atoms with Gasteiger partial charge in [0.15, 0.2) is 11.2 Å². The molecule has 0 fully saturated rings. The summed E-state index contributed by atoms with van der Waals surface area (Å²) >= 11 is 0. The van der Waals surface area contributed by atoms with Crippen molar-refractivity contribution < 1.29 is 9.21 Å². The molecule has 1 aromatic carbocycles. The highest BCUT2D eigenvalue weighted by Crippen LogP contribution is 2.24. The molecule has 1 heterocycles. The lowest BCUT2D eigenvalue weighted by Gasteiger charge is -2.12. The topological polar surface area (TPSA) is 59.3 Å². The van der Waals surface area contributed by atoms with Crippen LogP contribution < -0.4 is 10.7 Å². The van der Waals surface area contributed by atoms with Crippen LogP contribution in [0, 0.1) is 20.8 Å². The molecule has 1 aromatic heterocycles. The molecule has 0 aliphatic carbocycles. The van der Waals surface area contributed by atoms with Crippen molar-refractivity contribution in [1.82, 2.24) is 0 Å². The maximum absolute atomic E-state index is 11.9. The van der Waals surface area contributed by atoms with E-state index in [1.165, 1.54) is 13.0 Å². The van der Waals surface area contributed by atoms with E-state index in [-0.39, 0.29) is 22.7 Å². The second-order valence-electron chi connectivity index (χ2n) is 4.92. The molecule has 104 valence electrons. The highest BCUT2D eigenvalue weighted by Gasteiger charge is 2.16. The molecule has 0 saturated heterocycles. The van der Waals surface area contributed by atoms with Crippen LogP contribution in [0.15, 0.2) is 33.5 Å². The lowest BCUT2D eigenvalue weighted by Crippen LogP contribution is -2.15. The van der Waals surface area contributed by atoms with Crippen molar-refractivity contribution >= 4 is 17.4 Å². The minimum absolute atomic E-state index is 0.0515. The van der Waals surface area contributed by atoms with Gasteiger partial charge in [0.2, 0.25) is 5.88 Å². The SMILES string of the molecule is CC(=O)c1c(Nc2ccc(C)cc2C)oc(C)cc1=O. The third kappa shape index (κ3) is 2.79. The standard InChI is InChI=1S/C16H17NO3/c1-9-5-6-13(10(2)7-9)17-16-15(12(4)18)14(19)8-11(3)20-16/h5-8,17H,1-4H3. The molecule has 2 rings (SSSR count). The largest absolute Gasteiger partial charge is 0.445 e. The van der Waals surface area contributed by atoms with Crippen molar-refractivity contribution in [2.45, 2.75) is 27.7 Å². The van der Waals surface area contributed by atoms with Crippen molar-refractivity contribution in [3.63, 3.8) is 0 Å². The van der Waals surface area contributed by atoms with Crippen molar-refractivity contribution in [3.05, 3.63) is 56.9 Å². The highest BCUT2D eigenvalue weighted by molar-refractivity contribution is 5.98. The number of hydrogen-bond acceptors (Lipinski definition) is 4. The molecule has 4 heteroatoms. The van der Waals surface area contributed by atoms with E-state index in [1.54, 1.807) is 6.92 Å². The fraction of sp³-hybridized carbons (Fsp3) is 0.250. The summed E-state index contributed by atoms with van der Waals surface area (Å²) < 4.78 is 5.51. The molecule has 2 aromatic rings. The Labute approximate surface area is 117 Å². The van der Waals surface area contributed by atoms with Gasteiger partial charge < -0.3 is 9.73 Å². The molecular formula is C16H17NO3. The molecule has 0 amide bonds. The summed E-state index contributed by atoms with van der Waals surface area (Å²) in [4.78, 5) is 23.5. The smallest absolute Gasteiger partial charge is 0.212 e. The zero-order valence-electron chi connectivity index (χ0n) is 12.0. The molecule has 20 heavy (non-hydrogen) atoms. The molecule has 0 atom stereocenters. The molecule has 0 unspecified atom stereocenters. The fourth-order valence-electron chi connectivity index (χ4n) is 2.11. The molecule has 0 aliphatic heterocycles. The van der Waals surface area contributed by atoms with Crippen LogP contribution in [0.1, 0.15) is 34.2 Å². The maximum Gasteiger partial charge on any atom is 0.212 e. The quantitative estimate of drug-likeness (QED) is 0.868. The van der Waals surface area contributed by atoms with Crippen LogP contribution in [0.2, 0.25) is 0 Å². The maximum atomic E-state index is 11.9. The van der Waals surface area contributed by atoms with E-state index in [0.717, 1.165) is 16.8 Å². The third-order valence-electron chi connectivity index (χ3n) is 3.05. The normalized spacial score (nSPS) is 10.4. The number of carbonyl (C=O) groups is 1. The molecule has 0 spiro atoms. The highest BCUT2D eigenvalue weighted by atomic mass is 16.4. The van der Waals surface area contributed by atoms with E-state index in [0.29, 0.717) is 5.76 Å². The summed E-state index contributed by atoms with van der Waals surface area (Å²) in [5.74, 6) is 0.354. The van der Waals surface area contributed by atoms with Crippen LogP contribution in [0.25, 0.3) is 0 Å². The zero-order valence-corrected chi connectivity index (χ0v) is 12.0. The van der Waals surface area contributed by atoms with E-state index in [1.807, 2.05) is 32.0 Å². The second kappa shape index (κ2) is 5.33. The van der Waals surface area contributed by atoms with Crippen molar-refractivity contribution in [2.75, 3.05) is 5.32 Å². The number of nitrogens with one attached hydrogen (secondary N) is 1. The van der Waals surface area contributed by atoms with Gasteiger partial charge in [-0.2, -0.15) is 0 Å². The summed E-state index contributed by atoms with van der Waals surface area (Å²) in [5.41, 5.74) is 2.70. The first-order valence-electron chi connectivity index (χ1n) is 6.38. The minimum Gasteiger partial charge on any atom is -0.445 e. The van der Waals surface area contributed by atoms with E-state index in [2.05, 4.69) is 5.32 Å². The number of benzene rings is 1. The summed E-state index contributed by atoms with van der Waals surface area (Å²) in [6.07, 6.45) is 0. The Kier molecular flexibility index (Phi) is 3.74. The number of Topliss-reactive ketones (excluding diaryl/α,β-unsaturated/α-hetero) is 1. The first-order valence-corrected chi connectivity index (χ1v) is 6.38. The summed E-state index contributed by atoms with van der Waals surface area (Å²) in [6.45, 7) is 6.99. The van der Waals surface area contributed by atoms with Gasteiger partial charge in [0, 0.05) is 11.8 Å². The van der Waals surface area contributed by atoms with Crippen molar-refractivity contribution in [2.24, 2.45) is 0 Å². The average molecular weight is 271 g/mol. The Hall–Kier alpha value is -2.36. The minimum atomic E-state index is -0.325. The van der Waals surface area contributed by atoms with Crippen molar-refractivity contribution in [3.8, 4) is 0 Å². The van der Waals surface area contributed by atoms with Gasteiger partial charge in [0.25, 0.3) is 0 Å². The van der Waals surface area contributed by atoms with Gasteiger partial charge in [0.1, 0.15) is 11.3 Å². The van der Waals surface area contributed by atoms with E-state index in [4.69, 9.17) is 4.42 Å². The average Bonchev–Trinajstić information content (AvgIpc) is 2.31. The van der Waals surface area contributed by atoms with Crippen LogP contribution in [-0.4, -0.2) is 5.78 Å². The first-order chi connectivity index (χ1) is 9.38. The van der Waals surface area contributed by atoms with Gasteiger partial charge in [-0.25, -0.2) is 0 Å². The summed E-state index contributed by atoms with van der Waals surface area (Å²) in [5, 5.41) is 3.04. The van der Waals surface area contributed by atoms with Gasteiger partial charge >= 0.3 is 0 Å². The summed E-state index contributed by atoms with van der Waals surface area (Å²) in [6, 6.07) is 7.20. The Balaban J connectivity index is 2.53. The first kappa shape index (κ1) is 14.1. The third-order valence-corrected chi connectivity index (χ3v) is 3.05. The molecule has 0 radical (unpaired) electrons. The number of rotatable bonds is 3. The van der Waals surface area contributed by atoms with Crippen LogP contribution in [-0.2, 0) is 0 Å². The van der Waals surface area contributed by atoms with Gasteiger partial charge in [0.05, 0.1) is 0 Å².